The molecule has 0 saturated carbocycles. The Morgan fingerprint density at radius 2 is 1.88 bits per heavy atom. The van der Waals surface area contributed by atoms with Crippen molar-refractivity contribution in [1.29, 1.82) is 0 Å². The normalized spacial score (nSPS) is 17.7. The number of nitrogens with one attached hydrogen (secondary N) is 1. The summed E-state index contributed by atoms with van der Waals surface area (Å²) >= 11 is 0. The van der Waals surface area contributed by atoms with Crippen molar-refractivity contribution in [2.75, 3.05) is 13.1 Å². The highest BCUT2D eigenvalue weighted by molar-refractivity contribution is 5.33. The summed E-state index contributed by atoms with van der Waals surface area (Å²) in [5.74, 6) is 1.14. The Balaban J connectivity index is 1.70. The average molecular weight is 337 g/mol. The van der Waals surface area contributed by atoms with Gasteiger partial charge in [-0.05, 0) is 43.7 Å². The van der Waals surface area contributed by atoms with Crippen LogP contribution in [0.25, 0.3) is 5.69 Å². The summed E-state index contributed by atoms with van der Waals surface area (Å²) in [6.07, 6.45) is 6.19. The molecular formula is C19H23N5O. The molecule has 1 aliphatic rings. The van der Waals surface area contributed by atoms with Gasteiger partial charge in [0.25, 0.3) is 0 Å². The Bertz CT molecular complexity index is 857. The van der Waals surface area contributed by atoms with Crippen LogP contribution in [0.2, 0.25) is 0 Å². The summed E-state index contributed by atoms with van der Waals surface area (Å²) in [5, 5.41) is 8.15. The fourth-order valence-electron chi connectivity index (χ4n) is 3.46. The van der Waals surface area contributed by atoms with Crippen LogP contribution in [0.4, 0.5) is 0 Å². The van der Waals surface area contributed by atoms with Gasteiger partial charge in [-0.15, -0.1) is 0 Å². The molecule has 1 N–H and O–H groups in total. The molecule has 1 aliphatic heterocycles. The van der Waals surface area contributed by atoms with Crippen molar-refractivity contribution in [3.8, 4) is 5.69 Å². The third kappa shape index (κ3) is 3.30. The maximum Gasteiger partial charge on any atom is 0.350 e. The number of aryl methyl sites for hydroxylation is 2. The zero-order chi connectivity index (χ0) is 17.1. The predicted octanol–water partition coefficient (Wildman–Crippen LogP) is 2.00. The molecule has 6 heteroatoms. The van der Waals surface area contributed by atoms with Crippen molar-refractivity contribution in [2.45, 2.75) is 31.8 Å². The van der Waals surface area contributed by atoms with E-state index in [0.717, 1.165) is 44.0 Å². The Hall–Kier alpha value is -2.60. The van der Waals surface area contributed by atoms with Gasteiger partial charge in [0, 0.05) is 31.4 Å². The van der Waals surface area contributed by atoms with Crippen molar-refractivity contribution >= 4 is 0 Å². The fraction of sp³-hybridized carbons (Fsp3) is 0.368. The minimum atomic E-state index is -0.0565. The molecule has 0 aliphatic carbocycles. The van der Waals surface area contributed by atoms with Crippen molar-refractivity contribution < 1.29 is 0 Å². The zero-order valence-electron chi connectivity index (χ0n) is 14.2. The SMILES string of the molecule is O=c1n(CCn2cccc2)nc([C@@H]2CCCNC2)n1-c1ccccc1. The van der Waals surface area contributed by atoms with E-state index < -0.39 is 0 Å². The molecule has 4 rings (SSSR count). The lowest BCUT2D eigenvalue weighted by Gasteiger charge is -2.22. The Morgan fingerprint density at radius 1 is 1.08 bits per heavy atom. The van der Waals surface area contributed by atoms with Gasteiger partial charge in [-0.25, -0.2) is 14.0 Å². The lowest BCUT2D eigenvalue weighted by Crippen LogP contribution is -2.31. The van der Waals surface area contributed by atoms with Crippen LogP contribution in [0, 0.1) is 0 Å². The van der Waals surface area contributed by atoms with Gasteiger partial charge < -0.3 is 9.88 Å². The van der Waals surface area contributed by atoms with Crippen LogP contribution < -0.4 is 11.0 Å². The third-order valence-electron chi connectivity index (χ3n) is 4.78. The molecule has 0 amide bonds. The van der Waals surface area contributed by atoms with E-state index in [4.69, 9.17) is 5.10 Å². The summed E-state index contributed by atoms with van der Waals surface area (Å²) in [7, 11) is 0. The number of para-hydroxylation sites is 1. The van der Waals surface area contributed by atoms with Gasteiger partial charge in [0.15, 0.2) is 0 Å². The lowest BCUT2D eigenvalue weighted by molar-refractivity contribution is 0.437. The van der Waals surface area contributed by atoms with Gasteiger partial charge in [-0.2, -0.15) is 5.10 Å². The van der Waals surface area contributed by atoms with E-state index in [0.29, 0.717) is 6.54 Å². The molecule has 3 aromatic rings. The Kier molecular flexibility index (Phi) is 4.52. The van der Waals surface area contributed by atoms with Crippen LogP contribution >= 0.6 is 0 Å². The Morgan fingerprint density at radius 3 is 2.60 bits per heavy atom. The molecule has 1 atom stereocenters. The maximum absolute atomic E-state index is 13.0. The summed E-state index contributed by atoms with van der Waals surface area (Å²) in [5.41, 5.74) is 0.833. The Labute approximate surface area is 146 Å². The molecule has 0 unspecified atom stereocenters. The lowest BCUT2D eigenvalue weighted by atomic mass is 9.99. The first-order valence-electron chi connectivity index (χ1n) is 8.89. The molecule has 0 bridgehead atoms. The third-order valence-corrected chi connectivity index (χ3v) is 4.78. The molecule has 130 valence electrons. The number of hydrogen-bond acceptors (Lipinski definition) is 3. The summed E-state index contributed by atoms with van der Waals surface area (Å²) < 4.78 is 5.46. The second kappa shape index (κ2) is 7.11. The van der Waals surface area contributed by atoms with Crippen LogP contribution in [0.15, 0.2) is 59.7 Å². The molecule has 25 heavy (non-hydrogen) atoms. The van der Waals surface area contributed by atoms with Gasteiger partial charge in [0.1, 0.15) is 5.82 Å². The second-order valence-electron chi connectivity index (χ2n) is 6.50. The molecular weight excluding hydrogens is 314 g/mol. The molecule has 3 heterocycles. The van der Waals surface area contributed by atoms with Crippen LogP contribution in [0.3, 0.4) is 0 Å². The van der Waals surface area contributed by atoms with Crippen molar-refractivity contribution in [1.82, 2.24) is 24.2 Å². The highest BCUT2D eigenvalue weighted by atomic mass is 16.2. The van der Waals surface area contributed by atoms with Gasteiger partial charge in [0.05, 0.1) is 12.2 Å². The van der Waals surface area contributed by atoms with Gasteiger partial charge in [-0.1, -0.05) is 18.2 Å². The van der Waals surface area contributed by atoms with Crippen LogP contribution in [0.5, 0.6) is 0 Å². The zero-order valence-corrected chi connectivity index (χ0v) is 14.2. The minimum absolute atomic E-state index is 0.0565. The van der Waals surface area contributed by atoms with Crippen molar-refractivity contribution in [2.24, 2.45) is 0 Å². The number of benzene rings is 1. The molecule has 0 radical (unpaired) electrons. The van der Waals surface area contributed by atoms with E-state index >= 15 is 0 Å². The summed E-state index contributed by atoms with van der Waals surface area (Å²) in [6.45, 7) is 3.23. The molecule has 2 aromatic heterocycles. The van der Waals surface area contributed by atoms with Gasteiger partial charge >= 0.3 is 5.69 Å². The van der Waals surface area contributed by atoms with Crippen LogP contribution in [-0.4, -0.2) is 32.0 Å². The van der Waals surface area contributed by atoms with E-state index in [1.54, 1.807) is 9.25 Å². The van der Waals surface area contributed by atoms with E-state index in [1.165, 1.54) is 0 Å². The molecule has 1 saturated heterocycles. The van der Waals surface area contributed by atoms with Crippen molar-refractivity contribution in [3.63, 3.8) is 0 Å². The van der Waals surface area contributed by atoms with E-state index in [1.807, 2.05) is 54.9 Å². The number of rotatable bonds is 5. The van der Waals surface area contributed by atoms with Gasteiger partial charge in [-0.3, -0.25) is 0 Å². The van der Waals surface area contributed by atoms with E-state index in [2.05, 4.69) is 9.88 Å². The predicted molar refractivity (Wildman–Crippen MR) is 97.1 cm³/mol. The maximum atomic E-state index is 13.0. The number of nitrogens with zero attached hydrogens (tertiary/aromatic N) is 4. The fourth-order valence-corrected chi connectivity index (χ4v) is 3.46. The largest absolute Gasteiger partial charge is 0.352 e. The first-order valence-corrected chi connectivity index (χ1v) is 8.89. The smallest absolute Gasteiger partial charge is 0.350 e. The highest BCUT2D eigenvalue weighted by Crippen LogP contribution is 2.22. The quantitative estimate of drug-likeness (QED) is 0.775. The first kappa shape index (κ1) is 15.9. The minimum Gasteiger partial charge on any atom is -0.352 e. The van der Waals surface area contributed by atoms with E-state index in [9.17, 15) is 4.79 Å². The van der Waals surface area contributed by atoms with Crippen molar-refractivity contribution in [3.05, 3.63) is 71.2 Å². The first-order chi connectivity index (χ1) is 12.3. The molecule has 6 nitrogen and oxygen atoms in total. The van der Waals surface area contributed by atoms with Crippen LogP contribution in [0.1, 0.15) is 24.6 Å². The van der Waals surface area contributed by atoms with Gasteiger partial charge in [0.2, 0.25) is 0 Å². The summed E-state index contributed by atoms with van der Waals surface area (Å²) in [4.78, 5) is 13.0. The topological polar surface area (TPSA) is 56.8 Å². The molecule has 0 spiro atoms. The summed E-state index contributed by atoms with van der Waals surface area (Å²) in [6, 6.07) is 13.8. The standard InChI is InChI=1S/C19H23N5O/c25-19-23(14-13-22-11-4-5-12-22)21-18(16-7-6-10-20-15-16)24(19)17-8-2-1-3-9-17/h1-5,8-9,11-12,16,20H,6-7,10,13-15H2/t16-/m1/s1. The molecule has 1 fully saturated rings. The number of aromatic nitrogens is 4. The number of piperidine rings is 1. The average Bonchev–Trinajstić information content (AvgIpc) is 3.29. The monoisotopic (exact) mass is 337 g/mol. The number of hydrogen-bond donors (Lipinski definition) is 1. The van der Waals surface area contributed by atoms with Crippen LogP contribution in [-0.2, 0) is 13.1 Å². The second-order valence-corrected chi connectivity index (χ2v) is 6.50. The highest BCUT2D eigenvalue weighted by Gasteiger charge is 2.24. The molecule has 1 aromatic carbocycles. The van der Waals surface area contributed by atoms with E-state index in [-0.39, 0.29) is 11.6 Å².